The molecule has 0 aromatic heterocycles. The maximum Gasteiger partial charge on any atom is 0.265 e. The van der Waals surface area contributed by atoms with E-state index in [-0.39, 0.29) is 13.2 Å². The minimum Gasteiger partial charge on any atom is -0.485 e. The van der Waals surface area contributed by atoms with Gasteiger partial charge in [-0.1, -0.05) is 35.9 Å². The smallest absolute Gasteiger partial charge is 0.265 e. The number of ether oxygens (including phenoxy) is 2. The molecule has 1 heterocycles. The molecule has 0 unspecified atom stereocenters. The number of carbonyl (C=O) groups is 2. The molecular weight excluding hydrogens is 358 g/mol. The van der Waals surface area contributed by atoms with Gasteiger partial charge in [0.25, 0.3) is 11.8 Å². The van der Waals surface area contributed by atoms with E-state index in [2.05, 4.69) is 15.8 Å². The molecule has 2 aromatic rings. The number of hydrogen-bond acceptors (Lipinski definition) is 5. The number of rotatable bonds is 5. The molecule has 2 aromatic carbocycles. The number of nitrogens with zero attached hydrogens (tertiary/aromatic N) is 1. The van der Waals surface area contributed by atoms with Crippen LogP contribution >= 0.6 is 11.6 Å². The first-order chi connectivity index (χ1) is 12.6. The van der Waals surface area contributed by atoms with Crippen molar-refractivity contribution in [1.82, 2.24) is 10.7 Å². The van der Waals surface area contributed by atoms with Gasteiger partial charge in [0.1, 0.15) is 6.61 Å². The van der Waals surface area contributed by atoms with Crippen LogP contribution in [0.2, 0.25) is 5.02 Å². The predicted molar refractivity (Wildman–Crippen MR) is 96.6 cm³/mol. The van der Waals surface area contributed by atoms with Crippen molar-refractivity contribution >= 4 is 29.6 Å². The molecule has 1 aliphatic rings. The summed E-state index contributed by atoms with van der Waals surface area (Å²) in [7, 11) is 0. The summed E-state index contributed by atoms with van der Waals surface area (Å²) in [4.78, 5) is 23.8. The molecule has 26 heavy (non-hydrogen) atoms. The zero-order valence-corrected chi connectivity index (χ0v) is 14.4. The van der Waals surface area contributed by atoms with Crippen LogP contribution in [-0.4, -0.2) is 37.3 Å². The van der Waals surface area contributed by atoms with Gasteiger partial charge in [-0.05, 0) is 29.8 Å². The Balaban J connectivity index is 1.43. The standard InChI is InChI=1S/C18H16ClN3O4/c19-13-7-5-12(6-8-13)9-21-22-17(23)10-20-18(24)16-11-25-14-3-1-2-4-15(14)26-16/h1-9,16H,10-11H2,(H,20,24)(H,22,23)/t16-/m1/s1. The molecule has 2 N–H and O–H groups in total. The third kappa shape index (κ3) is 4.73. The van der Waals surface area contributed by atoms with E-state index < -0.39 is 17.9 Å². The van der Waals surface area contributed by atoms with Crippen molar-refractivity contribution in [2.24, 2.45) is 5.10 Å². The maximum absolute atomic E-state index is 12.1. The molecular formula is C18H16ClN3O4. The normalized spacial score (nSPS) is 15.5. The van der Waals surface area contributed by atoms with E-state index in [9.17, 15) is 9.59 Å². The van der Waals surface area contributed by atoms with E-state index >= 15 is 0 Å². The Morgan fingerprint density at radius 3 is 2.65 bits per heavy atom. The second-order valence-corrected chi connectivity index (χ2v) is 5.86. The van der Waals surface area contributed by atoms with Crippen LogP contribution in [0.5, 0.6) is 11.5 Å². The number of halogens is 1. The molecule has 3 rings (SSSR count). The highest BCUT2D eigenvalue weighted by Crippen LogP contribution is 2.30. The second-order valence-electron chi connectivity index (χ2n) is 5.43. The summed E-state index contributed by atoms with van der Waals surface area (Å²) < 4.78 is 11.0. The van der Waals surface area contributed by atoms with Gasteiger partial charge < -0.3 is 14.8 Å². The van der Waals surface area contributed by atoms with Gasteiger partial charge in [-0.3, -0.25) is 9.59 Å². The molecule has 1 atom stereocenters. The summed E-state index contributed by atoms with van der Waals surface area (Å²) >= 11 is 5.79. The molecule has 0 spiro atoms. The Hall–Kier alpha value is -3.06. The number of hydrogen-bond donors (Lipinski definition) is 2. The Labute approximate surface area is 154 Å². The lowest BCUT2D eigenvalue weighted by Crippen LogP contribution is -2.46. The number of benzene rings is 2. The third-order valence-electron chi connectivity index (χ3n) is 3.50. The Morgan fingerprint density at radius 2 is 1.88 bits per heavy atom. The zero-order chi connectivity index (χ0) is 18.4. The fourth-order valence-corrected chi connectivity index (χ4v) is 2.32. The number of fused-ring (bicyclic) bond motifs is 1. The Kier molecular flexibility index (Phi) is 5.70. The molecule has 0 saturated heterocycles. The topological polar surface area (TPSA) is 89.0 Å². The summed E-state index contributed by atoms with van der Waals surface area (Å²) in [5, 5.41) is 6.92. The van der Waals surface area contributed by atoms with Crippen molar-refractivity contribution in [1.29, 1.82) is 0 Å². The van der Waals surface area contributed by atoms with Gasteiger partial charge in [0.05, 0.1) is 12.8 Å². The van der Waals surface area contributed by atoms with Crippen LogP contribution in [0.3, 0.4) is 0 Å². The largest absolute Gasteiger partial charge is 0.485 e. The van der Waals surface area contributed by atoms with Gasteiger partial charge in [0.2, 0.25) is 6.10 Å². The van der Waals surface area contributed by atoms with Gasteiger partial charge in [-0.25, -0.2) is 5.43 Å². The van der Waals surface area contributed by atoms with Crippen LogP contribution in [0.1, 0.15) is 5.56 Å². The monoisotopic (exact) mass is 373 g/mol. The Bertz CT molecular complexity index is 823. The van der Waals surface area contributed by atoms with E-state index in [1.165, 1.54) is 6.21 Å². The molecule has 134 valence electrons. The number of para-hydroxylation sites is 2. The summed E-state index contributed by atoms with van der Waals surface area (Å²) in [5.74, 6) is 0.193. The molecule has 0 aliphatic carbocycles. The second kappa shape index (κ2) is 8.35. The van der Waals surface area contributed by atoms with Crippen molar-refractivity contribution in [3.05, 3.63) is 59.1 Å². The summed E-state index contributed by atoms with van der Waals surface area (Å²) in [6, 6.07) is 14.0. The summed E-state index contributed by atoms with van der Waals surface area (Å²) in [6.07, 6.45) is 0.667. The van der Waals surface area contributed by atoms with Crippen molar-refractivity contribution in [3.8, 4) is 11.5 Å². The van der Waals surface area contributed by atoms with E-state index in [0.717, 1.165) is 5.56 Å². The van der Waals surface area contributed by atoms with Crippen molar-refractivity contribution in [2.75, 3.05) is 13.2 Å². The van der Waals surface area contributed by atoms with Crippen molar-refractivity contribution in [2.45, 2.75) is 6.10 Å². The first-order valence-corrected chi connectivity index (χ1v) is 8.23. The fraction of sp³-hybridized carbons (Fsp3) is 0.167. The van der Waals surface area contributed by atoms with Crippen LogP contribution in [-0.2, 0) is 9.59 Å². The summed E-state index contributed by atoms with van der Waals surface area (Å²) in [6.45, 7) is -0.141. The van der Waals surface area contributed by atoms with E-state index in [1.54, 1.807) is 42.5 Å². The lowest BCUT2D eigenvalue weighted by Gasteiger charge is -2.25. The SMILES string of the molecule is O=C(CNC(=O)[C@H]1COc2ccccc2O1)NN=Cc1ccc(Cl)cc1. The maximum atomic E-state index is 12.1. The molecule has 2 amide bonds. The summed E-state index contributed by atoms with van der Waals surface area (Å²) in [5.41, 5.74) is 3.11. The fourth-order valence-electron chi connectivity index (χ4n) is 2.20. The third-order valence-corrected chi connectivity index (χ3v) is 3.75. The Morgan fingerprint density at radius 1 is 1.15 bits per heavy atom. The molecule has 0 bridgehead atoms. The molecule has 0 fully saturated rings. The first-order valence-electron chi connectivity index (χ1n) is 7.85. The molecule has 7 nitrogen and oxygen atoms in total. The average Bonchev–Trinajstić information content (AvgIpc) is 2.67. The zero-order valence-electron chi connectivity index (χ0n) is 13.6. The predicted octanol–water partition coefficient (Wildman–Crippen LogP) is 1.75. The van der Waals surface area contributed by atoms with Crippen LogP contribution in [0, 0.1) is 0 Å². The van der Waals surface area contributed by atoms with Crippen LogP contribution in [0.25, 0.3) is 0 Å². The van der Waals surface area contributed by atoms with Crippen LogP contribution < -0.4 is 20.2 Å². The average molecular weight is 374 g/mol. The minimum atomic E-state index is -0.810. The number of amides is 2. The first kappa shape index (κ1) is 17.8. The van der Waals surface area contributed by atoms with E-state index in [0.29, 0.717) is 16.5 Å². The highest BCUT2D eigenvalue weighted by Gasteiger charge is 2.27. The number of carbonyl (C=O) groups excluding carboxylic acids is 2. The number of nitrogens with one attached hydrogen (secondary N) is 2. The van der Waals surface area contributed by atoms with Gasteiger partial charge in [-0.15, -0.1) is 0 Å². The quantitative estimate of drug-likeness (QED) is 0.617. The van der Waals surface area contributed by atoms with Crippen molar-refractivity contribution < 1.29 is 19.1 Å². The van der Waals surface area contributed by atoms with Gasteiger partial charge in [-0.2, -0.15) is 5.10 Å². The molecule has 0 saturated carbocycles. The molecule has 8 heteroatoms. The lowest BCUT2D eigenvalue weighted by atomic mass is 10.2. The molecule has 0 radical (unpaired) electrons. The van der Waals surface area contributed by atoms with Crippen LogP contribution in [0.15, 0.2) is 53.6 Å². The van der Waals surface area contributed by atoms with Gasteiger partial charge in [0, 0.05) is 5.02 Å². The minimum absolute atomic E-state index is 0.0825. The number of hydrazone groups is 1. The van der Waals surface area contributed by atoms with Crippen LogP contribution in [0.4, 0.5) is 0 Å². The van der Waals surface area contributed by atoms with Crippen molar-refractivity contribution in [3.63, 3.8) is 0 Å². The molecule has 1 aliphatic heterocycles. The highest BCUT2D eigenvalue weighted by molar-refractivity contribution is 6.30. The highest BCUT2D eigenvalue weighted by atomic mass is 35.5. The van der Waals surface area contributed by atoms with E-state index in [1.807, 2.05) is 6.07 Å². The van der Waals surface area contributed by atoms with Gasteiger partial charge >= 0.3 is 0 Å². The van der Waals surface area contributed by atoms with E-state index in [4.69, 9.17) is 21.1 Å². The lowest BCUT2D eigenvalue weighted by molar-refractivity contribution is -0.132. The van der Waals surface area contributed by atoms with Gasteiger partial charge in [0.15, 0.2) is 11.5 Å².